The summed E-state index contributed by atoms with van der Waals surface area (Å²) < 4.78 is 0. The summed E-state index contributed by atoms with van der Waals surface area (Å²) in [6, 6.07) is 22.1. The van der Waals surface area contributed by atoms with Gasteiger partial charge in [-0.15, -0.1) is 0 Å². The monoisotopic (exact) mass is 332 g/mol. The molecule has 0 atom stereocenters. The minimum Gasteiger partial charge on any atom is -0.0683 e. The third-order valence-corrected chi connectivity index (χ3v) is 4.97. The molecule has 0 aromatic heterocycles. The number of hydrogen-bond acceptors (Lipinski definition) is 0. The molecule has 25 heavy (non-hydrogen) atoms. The average Bonchev–Trinajstić information content (AvgIpc) is 2.92. The van der Waals surface area contributed by atoms with Crippen LogP contribution in [0.4, 0.5) is 0 Å². The van der Waals surface area contributed by atoms with Crippen molar-refractivity contribution in [3.05, 3.63) is 71.8 Å². The lowest BCUT2D eigenvalue weighted by molar-refractivity contribution is 0.661. The molecule has 3 aromatic carbocycles. The van der Waals surface area contributed by atoms with Crippen LogP contribution in [-0.4, -0.2) is 0 Å². The molecule has 0 bridgehead atoms. The Morgan fingerprint density at radius 3 is 1.96 bits per heavy atom. The maximum atomic E-state index is 2.33. The summed E-state index contributed by atoms with van der Waals surface area (Å²) in [5.74, 6) is 0. The lowest BCUT2D eigenvalue weighted by atomic mass is 9.82. The molecule has 4 rings (SSSR count). The van der Waals surface area contributed by atoms with E-state index in [4.69, 9.17) is 0 Å². The quantitative estimate of drug-likeness (QED) is 0.423. The molecule has 0 fully saturated rings. The first-order valence-electron chi connectivity index (χ1n) is 9.73. The van der Waals surface area contributed by atoms with E-state index in [2.05, 4.69) is 88.4 Å². The van der Waals surface area contributed by atoms with Gasteiger partial charge in [-0.3, -0.25) is 0 Å². The van der Waals surface area contributed by atoms with Crippen LogP contribution in [0, 0.1) is 0 Å². The van der Waals surface area contributed by atoms with Gasteiger partial charge in [0.15, 0.2) is 0 Å². The molecule has 0 N–H and O–H groups in total. The molecule has 1 aliphatic carbocycles. The van der Waals surface area contributed by atoms with E-state index >= 15 is 0 Å². The zero-order valence-corrected chi connectivity index (χ0v) is 16.7. The summed E-state index contributed by atoms with van der Waals surface area (Å²) in [5, 5.41) is 2.70. The van der Waals surface area contributed by atoms with E-state index in [-0.39, 0.29) is 5.41 Å². The Labute approximate surface area is 153 Å². The fraction of sp³-hybridized carbons (Fsp3) is 0.360. The van der Waals surface area contributed by atoms with Crippen molar-refractivity contribution >= 4 is 10.8 Å². The Kier molecular flexibility index (Phi) is 6.42. The minimum atomic E-state index is 0.107. The van der Waals surface area contributed by atoms with E-state index in [0.29, 0.717) is 0 Å². The van der Waals surface area contributed by atoms with Gasteiger partial charge in [0.2, 0.25) is 0 Å². The van der Waals surface area contributed by atoms with Gasteiger partial charge in [-0.05, 0) is 33.0 Å². The van der Waals surface area contributed by atoms with Crippen LogP contribution in [0.25, 0.3) is 21.9 Å². The highest BCUT2D eigenvalue weighted by atomic mass is 14.4. The second kappa shape index (κ2) is 8.34. The molecule has 0 nitrogen and oxygen atoms in total. The van der Waals surface area contributed by atoms with Gasteiger partial charge in [0, 0.05) is 5.41 Å². The highest BCUT2D eigenvalue weighted by molar-refractivity contribution is 6.02. The lowest BCUT2D eigenvalue weighted by Crippen LogP contribution is -2.14. The van der Waals surface area contributed by atoms with Crippen LogP contribution in [0.1, 0.15) is 65.5 Å². The summed E-state index contributed by atoms with van der Waals surface area (Å²) in [6.45, 7) is 13.0. The lowest BCUT2D eigenvalue weighted by Gasteiger charge is -2.21. The summed E-state index contributed by atoms with van der Waals surface area (Å²) in [5.41, 5.74) is 5.84. The predicted octanol–water partition coefficient (Wildman–Crippen LogP) is 7.98. The summed E-state index contributed by atoms with van der Waals surface area (Å²) in [6.07, 6.45) is 2.64. The Balaban J connectivity index is 0.000000334. The SMILES string of the molecule is CC.CC1(C)c2ccccc2-c2c1ccc1ccccc21.CCCC. The molecule has 0 saturated carbocycles. The van der Waals surface area contributed by atoms with Crippen LogP contribution in [0.5, 0.6) is 0 Å². The van der Waals surface area contributed by atoms with E-state index in [1.165, 1.54) is 45.9 Å². The molecule has 1 aliphatic rings. The van der Waals surface area contributed by atoms with Crippen LogP contribution < -0.4 is 0 Å². The van der Waals surface area contributed by atoms with Gasteiger partial charge >= 0.3 is 0 Å². The molecular formula is C25H32. The van der Waals surface area contributed by atoms with Gasteiger partial charge in [-0.1, -0.05) is 115 Å². The smallest absolute Gasteiger partial charge is 0.0159 e. The van der Waals surface area contributed by atoms with E-state index in [1.807, 2.05) is 13.8 Å². The van der Waals surface area contributed by atoms with Crippen molar-refractivity contribution < 1.29 is 0 Å². The van der Waals surface area contributed by atoms with Crippen molar-refractivity contribution in [2.24, 2.45) is 0 Å². The normalized spacial score (nSPS) is 13.0. The Morgan fingerprint density at radius 2 is 1.28 bits per heavy atom. The van der Waals surface area contributed by atoms with E-state index in [9.17, 15) is 0 Å². The van der Waals surface area contributed by atoms with Gasteiger partial charge in [0.1, 0.15) is 0 Å². The molecule has 0 aliphatic heterocycles. The second-order valence-electron chi connectivity index (χ2n) is 6.88. The van der Waals surface area contributed by atoms with Crippen molar-refractivity contribution in [3.63, 3.8) is 0 Å². The molecule has 0 amide bonds. The second-order valence-corrected chi connectivity index (χ2v) is 6.88. The number of benzene rings is 3. The minimum absolute atomic E-state index is 0.107. The topological polar surface area (TPSA) is 0 Å². The van der Waals surface area contributed by atoms with Gasteiger partial charge in [0.25, 0.3) is 0 Å². The molecule has 0 spiro atoms. The Bertz CT molecular complexity index is 822. The summed E-state index contributed by atoms with van der Waals surface area (Å²) >= 11 is 0. The van der Waals surface area contributed by atoms with Crippen LogP contribution in [-0.2, 0) is 5.41 Å². The molecule has 0 saturated heterocycles. The molecule has 0 radical (unpaired) electrons. The molecule has 0 unspecified atom stereocenters. The van der Waals surface area contributed by atoms with Crippen LogP contribution in [0.3, 0.4) is 0 Å². The number of fused-ring (bicyclic) bond motifs is 5. The van der Waals surface area contributed by atoms with Crippen molar-refractivity contribution in [1.29, 1.82) is 0 Å². The molecule has 3 aromatic rings. The van der Waals surface area contributed by atoms with E-state index < -0.39 is 0 Å². The van der Waals surface area contributed by atoms with Gasteiger partial charge < -0.3 is 0 Å². The summed E-state index contributed by atoms with van der Waals surface area (Å²) in [7, 11) is 0. The standard InChI is InChI=1S/C19H16.C4H10.C2H6/c1-19(2)16-10-6-5-9-15(16)18-14-8-4-3-7-13(14)11-12-17(18)19;1-3-4-2;1-2/h3-12H,1-2H3;3-4H2,1-2H3;1-2H3. The molecule has 0 heteroatoms. The highest BCUT2D eigenvalue weighted by Crippen LogP contribution is 2.50. The van der Waals surface area contributed by atoms with Gasteiger partial charge in [0.05, 0.1) is 0 Å². The first-order valence-corrected chi connectivity index (χ1v) is 9.73. The van der Waals surface area contributed by atoms with E-state index in [1.54, 1.807) is 0 Å². The van der Waals surface area contributed by atoms with E-state index in [0.717, 1.165) is 0 Å². The zero-order chi connectivity index (χ0) is 18.4. The Hall–Kier alpha value is -2.08. The largest absolute Gasteiger partial charge is 0.0683 e. The van der Waals surface area contributed by atoms with Crippen molar-refractivity contribution in [1.82, 2.24) is 0 Å². The highest BCUT2D eigenvalue weighted by Gasteiger charge is 2.35. The maximum absolute atomic E-state index is 2.33. The third-order valence-electron chi connectivity index (χ3n) is 4.97. The van der Waals surface area contributed by atoms with Crippen LogP contribution in [0.15, 0.2) is 60.7 Å². The fourth-order valence-corrected chi connectivity index (χ4v) is 3.47. The predicted molar refractivity (Wildman–Crippen MR) is 113 cm³/mol. The number of rotatable bonds is 1. The van der Waals surface area contributed by atoms with Crippen LogP contribution in [0.2, 0.25) is 0 Å². The molecule has 132 valence electrons. The molecular weight excluding hydrogens is 300 g/mol. The average molecular weight is 333 g/mol. The first kappa shape index (κ1) is 19.2. The summed E-state index contributed by atoms with van der Waals surface area (Å²) in [4.78, 5) is 0. The van der Waals surface area contributed by atoms with Gasteiger partial charge in [-0.2, -0.15) is 0 Å². The first-order chi connectivity index (χ1) is 12.1. The van der Waals surface area contributed by atoms with Crippen molar-refractivity contribution in [3.8, 4) is 11.1 Å². The Morgan fingerprint density at radius 1 is 0.680 bits per heavy atom. The fourth-order valence-electron chi connectivity index (χ4n) is 3.47. The van der Waals surface area contributed by atoms with Gasteiger partial charge in [-0.25, -0.2) is 0 Å². The van der Waals surface area contributed by atoms with Crippen molar-refractivity contribution in [2.45, 2.75) is 59.8 Å². The number of unbranched alkanes of at least 4 members (excludes halogenated alkanes) is 1. The third kappa shape index (κ3) is 3.49. The maximum Gasteiger partial charge on any atom is 0.0159 e. The number of hydrogen-bond donors (Lipinski definition) is 0. The molecule has 0 heterocycles. The van der Waals surface area contributed by atoms with Crippen LogP contribution >= 0.6 is 0 Å². The van der Waals surface area contributed by atoms with Crippen molar-refractivity contribution in [2.75, 3.05) is 0 Å². The zero-order valence-electron chi connectivity index (χ0n) is 16.7.